The number of amides is 1. The highest BCUT2D eigenvalue weighted by atomic mass is 32.2. The Kier molecular flexibility index (Phi) is 5.72. The number of thioether (sulfide) groups is 1. The maximum absolute atomic E-state index is 13.4. The van der Waals surface area contributed by atoms with E-state index in [1.165, 1.54) is 30.2 Å². The fourth-order valence-corrected chi connectivity index (χ4v) is 4.23. The second-order valence-corrected chi connectivity index (χ2v) is 7.98. The van der Waals surface area contributed by atoms with Gasteiger partial charge in [-0.1, -0.05) is 23.9 Å². The van der Waals surface area contributed by atoms with E-state index in [-0.39, 0.29) is 18.1 Å². The summed E-state index contributed by atoms with van der Waals surface area (Å²) in [6.07, 6.45) is 1.73. The summed E-state index contributed by atoms with van der Waals surface area (Å²) in [5, 5.41) is 11.2. The summed E-state index contributed by atoms with van der Waals surface area (Å²) in [6.45, 7) is 0.394. The first kappa shape index (κ1) is 19.3. The maximum Gasteiger partial charge on any atom is 0.226 e. The van der Waals surface area contributed by atoms with E-state index in [1.807, 2.05) is 22.1 Å². The molecule has 0 bridgehead atoms. The van der Waals surface area contributed by atoms with Crippen molar-refractivity contribution in [3.05, 3.63) is 59.6 Å². The van der Waals surface area contributed by atoms with Gasteiger partial charge >= 0.3 is 0 Å². The van der Waals surface area contributed by atoms with Gasteiger partial charge in [-0.2, -0.15) is 0 Å². The lowest BCUT2D eigenvalue weighted by molar-refractivity contribution is -0.118. The number of benzene rings is 1. The van der Waals surface area contributed by atoms with Gasteiger partial charge in [0.15, 0.2) is 11.0 Å². The molecule has 148 valence electrons. The van der Waals surface area contributed by atoms with Gasteiger partial charge in [0.1, 0.15) is 12.1 Å². The van der Waals surface area contributed by atoms with Gasteiger partial charge in [-0.05, 0) is 29.6 Å². The first-order valence-corrected chi connectivity index (χ1v) is 10.5. The van der Waals surface area contributed by atoms with E-state index in [1.54, 1.807) is 23.5 Å². The summed E-state index contributed by atoms with van der Waals surface area (Å²) >= 11 is 2.97. The molecule has 29 heavy (non-hydrogen) atoms. The van der Waals surface area contributed by atoms with Crippen LogP contribution in [-0.4, -0.2) is 25.7 Å². The first-order valence-electron chi connectivity index (χ1n) is 8.68. The Morgan fingerprint density at radius 1 is 1.28 bits per heavy atom. The van der Waals surface area contributed by atoms with Crippen LogP contribution in [0.25, 0.3) is 22.2 Å². The standard InChI is InChI=1S/C19H16FN5O2S2/c20-13-4-1-3-12(9-13)18-22-14(10-27-18)11-29-19-24-23-17(15-5-2-8-28-15)25(19)7-6-16(21)26/h1-5,8-10H,6-7,11H2,(H2,21,26). The molecule has 4 aromatic rings. The average Bonchev–Trinajstić information content (AvgIpc) is 3.44. The van der Waals surface area contributed by atoms with E-state index in [2.05, 4.69) is 15.2 Å². The van der Waals surface area contributed by atoms with Crippen molar-refractivity contribution in [1.82, 2.24) is 19.7 Å². The third-order valence-electron chi connectivity index (χ3n) is 4.01. The Morgan fingerprint density at radius 2 is 2.17 bits per heavy atom. The summed E-state index contributed by atoms with van der Waals surface area (Å²) in [5.74, 6) is 0.806. The highest BCUT2D eigenvalue weighted by Crippen LogP contribution is 2.29. The van der Waals surface area contributed by atoms with Crippen LogP contribution in [0, 0.1) is 5.82 Å². The number of thiophene rings is 1. The molecule has 0 saturated carbocycles. The Bertz CT molecular complexity index is 1120. The van der Waals surface area contributed by atoms with Gasteiger partial charge in [-0.3, -0.25) is 4.79 Å². The summed E-state index contributed by atoms with van der Waals surface area (Å²) in [6, 6.07) is 9.97. The van der Waals surface area contributed by atoms with Crippen LogP contribution in [0.2, 0.25) is 0 Å². The number of aromatic nitrogens is 4. The summed E-state index contributed by atoms with van der Waals surface area (Å²) in [7, 11) is 0. The van der Waals surface area contributed by atoms with Crippen molar-refractivity contribution in [2.45, 2.75) is 23.9 Å². The largest absolute Gasteiger partial charge is 0.444 e. The third-order valence-corrected chi connectivity index (χ3v) is 5.88. The van der Waals surface area contributed by atoms with Gasteiger partial charge in [0.2, 0.25) is 11.8 Å². The van der Waals surface area contributed by atoms with E-state index in [0.29, 0.717) is 40.4 Å². The molecule has 3 heterocycles. The van der Waals surface area contributed by atoms with E-state index >= 15 is 0 Å². The molecule has 0 fully saturated rings. The molecule has 0 aliphatic heterocycles. The average molecular weight is 430 g/mol. The van der Waals surface area contributed by atoms with Gasteiger partial charge in [-0.25, -0.2) is 9.37 Å². The maximum atomic E-state index is 13.4. The zero-order valence-corrected chi connectivity index (χ0v) is 16.8. The van der Waals surface area contributed by atoms with Crippen molar-refractivity contribution in [3.8, 4) is 22.2 Å². The molecule has 4 rings (SSSR count). The predicted octanol–water partition coefficient (Wildman–Crippen LogP) is 3.97. The van der Waals surface area contributed by atoms with Crippen molar-refractivity contribution in [1.29, 1.82) is 0 Å². The lowest BCUT2D eigenvalue weighted by Gasteiger charge is -2.07. The predicted molar refractivity (Wildman–Crippen MR) is 109 cm³/mol. The van der Waals surface area contributed by atoms with E-state index in [9.17, 15) is 9.18 Å². The number of halogens is 1. The van der Waals surface area contributed by atoms with Crippen molar-refractivity contribution >= 4 is 29.0 Å². The molecule has 1 amide bonds. The molecule has 0 aliphatic carbocycles. The molecule has 0 saturated heterocycles. The van der Waals surface area contributed by atoms with Crippen LogP contribution in [0.5, 0.6) is 0 Å². The third kappa shape index (κ3) is 4.54. The number of rotatable bonds is 8. The van der Waals surface area contributed by atoms with Crippen LogP contribution in [0.4, 0.5) is 4.39 Å². The van der Waals surface area contributed by atoms with Crippen molar-refractivity contribution < 1.29 is 13.6 Å². The number of oxazole rings is 1. The quantitative estimate of drug-likeness (QED) is 0.426. The molecule has 3 aromatic heterocycles. The summed E-state index contributed by atoms with van der Waals surface area (Å²) < 4.78 is 20.8. The second-order valence-electron chi connectivity index (χ2n) is 6.09. The zero-order valence-electron chi connectivity index (χ0n) is 15.1. The van der Waals surface area contributed by atoms with Gasteiger partial charge in [0.05, 0.1) is 10.6 Å². The smallest absolute Gasteiger partial charge is 0.226 e. The number of nitrogens with two attached hydrogens (primary N) is 1. The molecule has 0 aliphatic rings. The first-order chi connectivity index (χ1) is 14.1. The fourth-order valence-electron chi connectivity index (χ4n) is 2.67. The topological polar surface area (TPSA) is 99.8 Å². The van der Waals surface area contributed by atoms with Gasteiger partial charge in [-0.15, -0.1) is 21.5 Å². The molecule has 0 unspecified atom stereocenters. The van der Waals surface area contributed by atoms with Crippen molar-refractivity contribution in [2.75, 3.05) is 0 Å². The van der Waals surface area contributed by atoms with Crippen molar-refractivity contribution in [2.24, 2.45) is 5.73 Å². The lowest BCUT2D eigenvalue weighted by Crippen LogP contribution is -2.14. The number of hydrogen-bond acceptors (Lipinski definition) is 7. The molecule has 10 heteroatoms. The number of primary amides is 1. The minimum Gasteiger partial charge on any atom is -0.444 e. The lowest BCUT2D eigenvalue weighted by atomic mass is 10.2. The van der Waals surface area contributed by atoms with E-state index in [0.717, 1.165) is 4.88 Å². The molecule has 0 radical (unpaired) electrons. The highest BCUT2D eigenvalue weighted by molar-refractivity contribution is 7.98. The fraction of sp³-hybridized carbons (Fsp3) is 0.158. The van der Waals surface area contributed by atoms with E-state index in [4.69, 9.17) is 10.2 Å². The molecular weight excluding hydrogens is 413 g/mol. The Morgan fingerprint density at radius 3 is 2.93 bits per heavy atom. The monoisotopic (exact) mass is 429 g/mol. The highest BCUT2D eigenvalue weighted by Gasteiger charge is 2.17. The molecule has 0 spiro atoms. The SMILES string of the molecule is NC(=O)CCn1c(SCc2coc(-c3cccc(F)c3)n2)nnc1-c1cccs1. The van der Waals surface area contributed by atoms with Crippen molar-refractivity contribution in [3.63, 3.8) is 0 Å². The van der Waals surface area contributed by atoms with Crippen LogP contribution >= 0.6 is 23.1 Å². The van der Waals surface area contributed by atoms with Crippen LogP contribution in [0.1, 0.15) is 12.1 Å². The van der Waals surface area contributed by atoms with Gasteiger partial charge < -0.3 is 14.7 Å². The Balaban J connectivity index is 1.52. The van der Waals surface area contributed by atoms with Gasteiger partial charge in [0, 0.05) is 24.3 Å². The zero-order chi connectivity index (χ0) is 20.2. The summed E-state index contributed by atoms with van der Waals surface area (Å²) in [5.41, 5.74) is 6.58. The van der Waals surface area contributed by atoms with Crippen LogP contribution < -0.4 is 5.73 Å². The normalized spacial score (nSPS) is 11.1. The number of carbonyl (C=O) groups is 1. The number of carbonyl (C=O) groups excluding carboxylic acids is 1. The van der Waals surface area contributed by atoms with E-state index < -0.39 is 0 Å². The van der Waals surface area contributed by atoms with Crippen LogP contribution in [0.3, 0.4) is 0 Å². The molecule has 1 aromatic carbocycles. The Hall–Kier alpha value is -2.98. The molecule has 2 N–H and O–H groups in total. The molecular formula is C19H16FN5O2S2. The second kappa shape index (κ2) is 8.58. The molecule has 0 atom stereocenters. The van der Waals surface area contributed by atoms with Gasteiger partial charge in [0.25, 0.3) is 0 Å². The Labute approximate surface area is 173 Å². The van der Waals surface area contributed by atoms with Crippen LogP contribution in [-0.2, 0) is 17.1 Å². The number of hydrogen-bond donors (Lipinski definition) is 1. The summed E-state index contributed by atoms with van der Waals surface area (Å²) in [4.78, 5) is 16.6. The molecule has 7 nitrogen and oxygen atoms in total. The number of nitrogens with zero attached hydrogens (tertiary/aromatic N) is 4. The minimum atomic E-state index is -0.386. The van der Waals surface area contributed by atoms with Crippen LogP contribution in [0.15, 0.2) is 57.6 Å². The minimum absolute atomic E-state index is 0.192.